The van der Waals surface area contributed by atoms with Crippen LogP contribution >= 0.6 is 11.8 Å². The van der Waals surface area contributed by atoms with Crippen LogP contribution in [0.15, 0.2) is 52.3 Å². The van der Waals surface area contributed by atoms with Gasteiger partial charge >= 0.3 is 0 Å². The third-order valence-electron chi connectivity index (χ3n) is 5.54. The maximum absolute atomic E-state index is 12.6. The number of morpholine rings is 1. The first kappa shape index (κ1) is 22.4. The van der Waals surface area contributed by atoms with Crippen molar-refractivity contribution in [2.75, 3.05) is 51.8 Å². The molecule has 2 heterocycles. The molecule has 4 rings (SSSR count). The average molecular weight is 455 g/mol. The number of ether oxygens (including phenoxy) is 2. The van der Waals surface area contributed by atoms with Crippen LogP contribution in [0.1, 0.15) is 22.3 Å². The first-order valence-corrected chi connectivity index (χ1v) is 11.6. The van der Waals surface area contributed by atoms with Crippen LogP contribution in [0.2, 0.25) is 0 Å². The highest BCUT2D eigenvalue weighted by atomic mass is 32.2. The number of quaternary nitrogens is 1. The second-order valence-electron chi connectivity index (χ2n) is 7.77. The molecule has 1 saturated heterocycles. The van der Waals surface area contributed by atoms with Crippen molar-refractivity contribution < 1.29 is 24.0 Å². The number of carbonyl (C=O) groups excluding carboxylic acids is 2. The summed E-state index contributed by atoms with van der Waals surface area (Å²) >= 11 is 1.40. The van der Waals surface area contributed by atoms with Crippen LogP contribution in [0.4, 0.5) is 5.69 Å². The van der Waals surface area contributed by atoms with Gasteiger partial charge in [-0.1, -0.05) is 23.9 Å². The Hall–Kier alpha value is -2.81. The molecule has 3 N–H and O–H groups in total. The number of thioether (sulfide) groups is 1. The summed E-state index contributed by atoms with van der Waals surface area (Å²) in [7, 11) is 1.62. The Bertz CT molecular complexity index is 1000. The number of rotatable bonds is 7. The minimum absolute atomic E-state index is 0.122. The van der Waals surface area contributed by atoms with Crippen molar-refractivity contribution in [2.45, 2.75) is 11.3 Å². The number of amides is 2. The second-order valence-corrected chi connectivity index (χ2v) is 8.85. The smallest absolute Gasteiger partial charge is 0.262 e. The molecule has 2 amide bonds. The van der Waals surface area contributed by atoms with Crippen molar-refractivity contribution in [3.05, 3.63) is 58.5 Å². The van der Waals surface area contributed by atoms with Gasteiger partial charge in [0.1, 0.15) is 18.8 Å². The fourth-order valence-electron chi connectivity index (χ4n) is 3.71. The van der Waals surface area contributed by atoms with Crippen LogP contribution in [-0.4, -0.2) is 58.3 Å². The lowest BCUT2D eigenvalue weighted by molar-refractivity contribution is -0.908. The molecule has 2 aromatic rings. The summed E-state index contributed by atoms with van der Waals surface area (Å²) in [4.78, 5) is 28.2. The number of hydrogen-bond donors (Lipinski definition) is 3. The van der Waals surface area contributed by atoms with E-state index in [0.717, 1.165) is 55.5 Å². The van der Waals surface area contributed by atoms with E-state index in [1.807, 2.05) is 36.4 Å². The van der Waals surface area contributed by atoms with Crippen LogP contribution in [0, 0.1) is 0 Å². The summed E-state index contributed by atoms with van der Waals surface area (Å²) in [5.41, 5.74) is 2.13. The molecule has 2 aliphatic heterocycles. The number of hydrogen-bond acceptors (Lipinski definition) is 5. The lowest BCUT2D eigenvalue weighted by Gasteiger charge is -2.23. The first-order valence-electron chi connectivity index (χ1n) is 10.8. The summed E-state index contributed by atoms with van der Waals surface area (Å²) < 4.78 is 10.5. The third kappa shape index (κ3) is 5.70. The van der Waals surface area contributed by atoms with Gasteiger partial charge in [-0.25, -0.2) is 0 Å². The maximum atomic E-state index is 12.6. The molecular formula is C24H28N3O4S+. The molecule has 8 heteroatoms. The van der Waals surface area contributed by atoms with Gasteiger partial charge in [-0.05, 0) is 42.0 Å². The number of benzene rings is 2. The molecule has 168 valence electrons. The Kier molecular flexibility index (Phi) is 7.47. The minimum Gasteiger partial charge on any atom is -0.497 e. The molecule has 32 heavy (non-hydrogen) atoms. The van der Waals surface area contributed by atoms with Gasteiger partial charge in [-0.3, -0.25) is 9.59 Å². The number of nitrogens with one attached hydrogen (secondary N) is 3. The monoisotopic (exact) mass is 454 g/mol. The highest BCUT2D eigenvalue weighted by Crippen LogP contribution is 2.39. The van der Waals surface area contributed by atoms with E-state index < -0.39 is 0 Å². The highest BCUT2D eigenvalue weighted by Gasteiger charge is 2.22. The quantitative estimate of drug-likeness (QED) is 0.439. The van der Waals surface area contributed by atoms with Crippen molar-refractivity contribution in [2.24, 2.45) is 0 Å². The van der Waals surface area contributed by atoms with E-state index in [9.17, 15) is 9.59 Å². The van der Waals surface area contributed by atoms with Crippen LogP contribution in [-0.2, 0) is 9.53 Å². The molecule has 2 aromatic carbocycles. The zero-order valence-corrected chi connectivity index (χ0v) is 18.9. The van der Waals surface area contributed by atoms with Gasteiger partial charge < -0.3 is 25.0 Å². The zero-order chi connectivity index (χ0) is 22.3. The van der Waals surface area contributed by atoms with E-state index in [0.29, 0.717) is 22.7 Å². The van der Waals surface area contributed by atoms with Crippen molar-refractivity contribution in [3.63, 3.8) is 0 Å². The predicted octanol–water partition coefficient (Wildman–Crippen LogP) is 1.82. The Balaban J connectivity index is 1.34. The Labute approximate surface area is 192 Å². The van der Waals surface area contributed by atoms with Gasteiger partial charge in [-0.15, -0.1) is 0 Å². The fourth-order valence-corrected chi connectivity index (χ4v) is 4.64. The Morgan fingerprint density at radius 2 is 2.00 bits per heavy atom. The lowest BCUT2D eigenvalue weighted by Crippen LogP contribution is -3.14. The van der Waals surface area contributed by atoms with E-state index in [2.05, 4.69) is 10.6 Å². The molecule has 2 aliphatic rings. The highest BCUT2D eigenvalue weighted by molar-refractivity contribution is 8.04. The van der Waals surface area contributed by atoms with E-state index in [1.165, 1.54) is 16.7 Å². The summed E-state index contributed by atoms with van der Waals surface area (Å²) in [6, 6.07) is 13.0. The molecule has 0 aliphatic carbocycles. The number of carbonyl (C=O) groups is 2. The van der Waals surface area contributed by atoms with E-state index in [-0.39, 0.29) is 11.8 Å². The second kappa shape index (κ2) is 10.7. The molecule has 0 atom stereocenters. The Morgan fingerprint density at radius 1 is 1.22 bits per heavy atom. The van der Waals surface area contributed by atoms with Crippen LogP contribution in [0.3, 0.4) is 0 Å². The van der Waals surface area contributed by atoms with Gasteiger partial charge in [0.2, 0.25) is 0 Å². The van der Waals surface area contributed by atoms with Gasteiger partial charge in [0.05, 0.1) is 37.5 Å². The fraction of sp³-hybridized carbons (Fsp3) is 0.333. The first-order chi connectivity index (χ1) is 15.6. The average Bonchev–Trinajstić information content (AvgIpc) is 2.83. The molecule has 0 spiro atoms. The largest absolute Gasteiger partial charge is 0.497 e. The molecule has 1 fully saturated rings. The zero-order valence-electron chi connectivity index (χ0n) is 18.1. The third-order valence-corrected chi connectivity index (χ3v) is 6.64. The van der Waals surface area contributed by atoms with E-state index >= 15 is 0 Å². The minimum atomic E-state index is -0.177. The lowest BCUT2D eigenvalue weighted by atomic mass is 10.1. The molecule has 0 unspecified atom stereocenters. The molecular weight excluding hydrogens is 426 g/mol. The van der Waals surface area contributed by atoms with Crippen LogP contribution in [0.5, 0.6) is 5.75 Å². The van der Waals surface area contributed by atoms with Crippen molar-refractivity contribution in [1.29, 1.82) is 0 Å². The summed E-state index contributed by atoms with van der Waals surface area (Å²) in [6.07, 6.45) is 2.78. The molecule has 0 aromatic heterocycles. The van der Waals surface area contributed by atoms with Gasteiger partial charge in [0.15, 0.2) is 0 Å². The van der Waals surface area contributed by atoms with Gasteiger partial charge in [0.25, 0.3) is 11.8 Å². The van der Waals surface area contributed by atoms with Gasteiger partial charge in [-0.2, -0.15) is 0 Å². The van der Waals surface area contributed by atoms with E-state index in [4.69, 9.17) is 9.47 Å². The van der Waals surface area contributed by atoms with Crippen LogP contribution < -0.4 is 20.3 Å². The van der Waals surface area contributed by atoms with E-state index in [1.54, 1.807) is 19.2 Å². The maximum Gasteiger partial charge on any atom is 0.262 e. The van der Waals surface area contributed by atoms with Crippen LogP contribution in [0.25, 0.3) is 6.08 Å². The number of methoxy groups -OCH3 is 1. The SMILES string of the molecule is COc1ccc(C=C2Sc3ccc(C(=O)NCCC[NH+]4CCOCC4)cc3NC2=O)cc1. The molecule has 7 nitrogen and oxygen atoms in total. The van der Waals surface area contributed by atoms with Crippen molar-refractivity contribution >= 4 is 35.3 Å². The summed E-state index contributed by atoms with van der Waals surface area (Å²) in [5, 5.41) is 5.89. The predicted molar refractivity (Wildman–Crippen MR) is 125 cm³/mol. The Morgan fingerprint density at radius 3 is 2.75 bits per heavy atom. The molecule has 0 bridgehead atoms. The van der Waals surface area contributed by atoms with Gasteiger partial charge in [0, 0.05) is 23.4 Å². The van der Waals surface area contributed by atoms with Crippen molar-refractivity contribution in [1.82, 2.24) is 5.32 Å². The molecule has 0 saturated carbocycles. The molecule has 0 radical (unpaired) electrons. The topological polar surface area (TPSA) is 81.1 Å². The summed E-state index contributed by atoms with van der Waals surface area (Å²) in [6.45, 7) is 5.37. The van der Waals surface area contributed by atoms with Crippen molar-refractivity contribution in [3.8, 4) is 5.75 Å². The number of fused-ring (bicyclic) bond motifs is 1. The number of anilines is 1. The standard InChI is InChI=1S/C24H27N3O4S/c1-30-19-6-3-17(4-7-19)15-22-24(29)26-20-16-18(5-8-21(20)32-22)23(28)25-9-2-10-27-11-13-31-14-12-27/h3-8,15-16H,2,9-14H2,1H3,(H,25,28)(H,26,29)/p+1. The normalized spacial score (nSPS) is 17.5. The summed E-state index contributed by atoms with van der Waals surface area (Å²) in [5.74, 6) is 0.472.